The number of aryl methyl sites for hydroxylation is 2. The summed E-state index contributed by atoms with van der Waals surface area (Å²) in [5.74, 6) is 1.11. The van der Waals surface area contributed by atoms with Gasteiger partial charge in [0.05, 0.1) is 7.11 Å². The molecule has 0 saturated carbocycles. The van der Waals surface area contributed by atoms with Crippen LogP contribution in [-0.4, -0.2) is 43.2 Å². The van der Waals surface area contributed by atoms with Gasteiger partial charge in [0.1, 0.15) is 6.61 Å². The Morgan fingerprint density at radius 3 is 2.42 bits per heavy atom. The molecule has 2 aromatic rings. The number of nitrogens with one attached hydrogen (secondary N) is 1. The summed E-state index contributed by atoms with van der Waals surface area (Å²) in [6.07, 6.45) is 8.26. The highest BCUT2D eigenvalue weighted by Crippen LogP contribution is 2.30. The van der Waals surface area contributed by atoms with Crippen LogP contribution in [0.5, 0.6) is 11.5 Å². The van der Waals surface area contributed by atoms with Crippen LogP contribution >= 0.6 is 0 Å². The van der Waals surface area contributed by atoms with E-state index in [1.165, 1.54) is 24.0 Å². The monoisotopic (exact) mass is 450 g/mol. The van der Waals surface area contributed by atoms with Crippen LogP contribution in [0.25, 0.3) is 6.08 Å². The second-order valence-corrected chi connectivity index (χ2v) is 9.20. The Hall–Kier alpha value is -2.79. The second kappa shape index (κ2) is 11.9. The molecular formula is C28H38N2O3. The van der Waals surface area contributed by atoms with E-state index in [9.17, 15) is 4.79 Å². The van der Waals surface area contributed by atoms with Crippen LogP contribution in [0.3, 0.4) is 0 Å². The number of hydrogen-bond donors (Lipinski definition) is 1. The molecule has 0 fully saturated rings. The topological polar surface area (TPSA) is 50.8 Å². The molecule has 2 aromatic carbocycles. The largest absolute Gasteiger partial charge is 0.493 e. The van der Waals surface area contributed by atoms with Gasteiger partial charge in [0.25, 0.3) is 0 Å². The maximum absolute atomic E-state index is 12.5. The number of carbonyl (C=O) groups is 1. The summed E-state index contributed by atoms with van der Waals surface area (Å²) in [7, 11) is 1.62. The third-order valence-corrected chi connectivity index (χ3v) is 6.16. The van der Waals surface area contributed by atoms with E-state index in [1.807, 2.05) is 24.3 Å². The number of fused-ring (bicyclic) bond motifs is 1. The third-order valence-electron chi connectivity index (χ3n) is 6.16. The predicted octanol–water partition coefficient (Wildman–Crippen LogP) is 5.72. The summed E-state index contributed by atoms with van der Waals surface area (Å²) < 4.78 is 11.5. The standard InChI is InChI=1S/C28H38N2O3/c1-20(2)30(21(3)4)16-17-33-27-19-25(13-14-26(27)32-5)29-28(31)15-11-22-10-12-23-8-6-7-9-24(23)18-22/h10-15,18-21H,6-9,16-17H2,1-5H3,(H,29,31). The molecule has 1 aliphatic rings. The minimum atomic E-state index is -0.172. The van der Waals surface area contributed by atoms with Gasteiger partial charge in [-0.15, -0.1) is 0 Å². The first-order chi connectivity index (χ1) is 15.9. The van der Waals surface area contributed by atoms with Gasteiger partial charge < -0.3 is 14.8 Å². The van der Waals surface area contributed by atoms with Crippen molar-refractivity contribution in [2.75, 3.05) is 25.6 Å². The molecule has 5 nitrogen and oxygen atoms in total. The summed E-state index contributed by atoms with van der Waals surface area (Å²) in [4.78, 5) is 14.9. The predicted molar refractivity (Wildman–Crippen MR) is 136 cm³/mol. The molecule has 0 aliphatic heterocycles. The minimum absolute atomic E-state index is 0.172. The Bertz CT molecular complexity index is 958. The molecule has 33 heavy (non-hydrogen) atoms. The fraction of sp³-hybridized carbons (Fsp3) is 0.464. The van der Waals surface area contributed by atoms with Crippen molar-refractivity contribution < 1.29 is 14.3 Å². The Morgan fingerprint density at radius 1 is 1.00 bits per heavy atom. The van der Waals surface area contributed by atoms with E-state index in [4.69, 9.17) is 9.47 Å². The lowest BCUT2D eigenvalue weighted by molar-refractivity contribution is -0.111. The average molecular weight is 451 g/mol. The normalized spacial score (nSPS) is 13.6. The van der Waals surface area contributed by atoms with E-state index in [1.54, 1.807) is 13.2 Å². The smallest absolute Gasteiger partial charge is 0.248 e. The van der Waals surface area contributed by atoms with Crippen molar-refractivity contribution in [2.45, 2.75) is 65.5 Å². The van der Waals surface area contributed by atoms with Gasteiger partial charge in [-0.25, -0.2) is 0 Å². The molecule has 1 amide bonds. The second-order valence-electron chi connectivity index (χ2n) is 9.20. The third kappa shape index (κ3) is 7.10. The van der Waals surface area contributed by atoms with Crippen molar-refractivity contribution in [1.29, 1.82) is 0 Å². The summed E-state index contributed by atoms with van der Waals surface area (Å²) in [5, 5.41) is 2.93. The van der Waals surface area contributed by atoms with Crippen LogP contribution in [0.4, 0.5) is 5.69 Å². The number of amides is 1. The molecule has 1 aliphatic carbocycles. The molecule has 0 radical (unpaired) electrons. The number of anilines is 1. The zero-order valence-electron chi connectivity index (χ0n) is 20.7. The molecule has 0 atom stereocenters. The lowest BCUT2D eigenvalue weighted by atomic mass is 9.90. The first-order valence-corrected chi connectivity index (χ1v) is 12.0. The molecule has 0 aromatic heterocycles. The summed E-state index contributed by atoms with van der Waals surface area (Å²) >= 11 is 0. The Labute approximate surface area is 198 Å². The van der Waals surface area contributed by atoms with E-state index < -0.39 is 0 Å². The van der Waals surface area contributed by atoms with Gasteiger partial charge in [0, 0.05) is 36.5 Å². The number of ether oxygens (including phenoxy) is 2. The lowest BCUT2D eigenvalue weighted by Gasteiger charge is -2.30. The van der Waals surface area contributed by atoms with Crippen LogP contribution in [0.2, 0.25) is 0 Å². The van der Waals surface area contributed by atoms with E-state index in [0.29, 0.717) is 35.9 Å². The van der Waals surface area contributed by atoms with Crippen molar-refractivity contribution >= 4 is 17.7 Å². The molecular weight excluding hydrogens is 412 g/mol. The highest BCUT2D eigenvalue weighted by atomic mass is 16.5. The van der Waals surface area contributed by atoms with Crippen LogP contribution in [0.1, 0.15) is 57.2 Å². The van der Waals surface area contributed by atoms with Gasteiger partial charge in [0.15, 0.2) is 11.5 Å². The van der Waals surface area contributed by atoms with Crippen LogP contribution < -0.4 is 14.8 Å². The van der Waals surface area contributed by atoms with Gasteiger partial charge in [-0.05, 0) is 88.3 Å². The lowest BCUT2D eigenvalue weighted by Crippen LogP contribution is -2.39. The first kappa shape index (κ1) is 24.8. The highest BCUT2D eigenvalue weighted by Gasteiger charge is 2.14. The van der Waals surface area contributed by atoms with E-state index in [0.717, 1.165) is 24.9 Å². The maximum atomic E-state index is 12.5. The average Bonchev–Trinajstić information content (AvgIpc) is 2.80. The van der Waals surface area contributed by atoms with Crippen LogP contribution in [-0.2, 0) is 17.6 Å². The molecule has 0 bridgehead atoms. The molecule has 0 spiro atoms. The van der Waals surface area contributed by atoms with Crippen LogP contribution in [0, 0.1) is 0 Å². The van der Waals surface area contributed by atoms with Crippen molar-refractivity contribution in [3.63, 3.8) is 0 Å². The Morgan fingerprint density at radius 2 is 1.73 bits per heavy atom. The highest BCUT2D eigenvalue weighted by molar-refractivity contribution is 6.02. The number of benzene rings is 2. The van der Waals surface area contributed by atoms with Crippen molar-refractivity contribution in [3.05, 3.63) is 59.2 Å². The zero-order chi connectivity index (χ0) is 23.8. The minimum Gasteiger partial charge on any atom is -0.493 e. The zero-order valence-corrected chi connectivity index (χ0v) is 20.7. The van der Waals surface area contributed by atoms with Gasteiger partial charge in [-0.3, -0.25) is 9.69 Å². The maximum Gasteiger partial charge on any atom is 0.248 e. The van der Waals surface area contributed by atoms with Gasteiger partial charge >= 0.3 is 0 Å². The summed E-state index contributed by atoms with van der Waals surface area (Å²) in [5.41, 5.74) is 4.59. The van der Waals surface area contributed by atoms with Gasteiger partial charge in [0.2, 0.25) is 5.91 Å². The van der Waals surface area contributed by atoms with Gasteiger partial charge in [-0.1, -0.05) is 18.2 Å². The Balaban J connectivity index is 1.61. The number of nitrogens with zero attached hydrogens (tertiary/aromatic N) is 1. The fourth-order valence-corrected chi connectivity index (χ4v) is 4.45. The Kier molecular flexibility index (Phi) is 8.95. The fourth-order valence-electron chi connectivity index (χ4n) is 4.45. The van der Waals surface area contributed by atoms with Crippen molar-refractivity contribution in [1.82, 2.24) is 4.90 Å². The molecule has 0 unspecified atom stereocenters. The molecule has 5 heteroatoms. The number of rotatable bonds is 10. The van der Waals surface area contributed by atoms with E-state index in [2.05, 4.69) is 56.1 Å². The number of methoxy groups -OCH3 is 1. The molecule has 3 rings (SSSR count). The number of hydrogen-bond acceptors (Lipinski definition) is 4. The van der Waals surface area contributed by atoms with E-state index in [-0.39, 0.29) is 5.91 Å². The first-order valence-electron chi connectivity index (χ1n) is 12.0. The SMILES string of the molecule is COc1ccc(NC(=O)C=Cc2ccc3c(c2)CCCC3)cc1OCCN(C(C)C)C(C)C. The summed E-state index contributed by atoms with van der Waals surface area (Å²) in [6.45, 7) is 10.1. The van der Waals surface area contributed by atoms with Gasteiger partial charge in [-0.2, -0.15) is 0 Å². The number of carbonyl (C=O) groups excluding carboxylic acids is 1. The molecule has 1 N–H and O–H groups in total. The van der Waals surface area contributed by atoms with Crippen molar-refractivity contribution in [3.8, 4) is 11.5 Å². The molecule has 0 saturated heterocycles. The quantitative estimate of drug-likeness (QED) is 0.470. The molecule has 178 valence electrons. The summed E-state index contributed by atoms with van der Waals surface area (Å²) in [6, 6.07) is 12.8. The van der Waals surface area contributed by atoms with Crippen molar-refractivity contribution in [2.24, 2.45) is 0 Å². The van der Waals surface area contributed by atoms with Crippen LogP contribution in [0.15, 0.2) is 42.5 Å². The molecule has 0 heterocycles. The van der Waals surface area contributed by atoms with E-state index >= 15 is 0 Å².